The Labute approximate surface area is 98.5 Å². The number of methoxy groups -OCH3 is 1. The summed E-state index contributed by atoms with van der Waals surface area (Å²) in [5.74, 6) is -0.134. The van der Waals surface area contributed by atoms with Crippen LogP contribution in [0.3, 0.4) is 0 Å². The number of carbonyl (C=O) groups is 1. The van der Waals surface area contributed by atoms with Crippen LogP contribution in [0.1, 0.15) is 26.8 Å². The van der Waals surface area contributed by atoms with Gasteiger partial charge < -0.3 is 15.2 Å². The van der Waals surface area contributed by atoms with E-state index in [9.17, 15) is 4.79 Å². The molecule has 0 saturated carbocycles. The van der Waals surface area contributed by atoms with E-state index in [1.807, 2.05) is 0 Å². The zero-order chi connectivity index (χ0) is 12.0. The molecule has 0 unspecified atom stereocenters. The van der Waals surface area contributed by atoms with E-state index in [4.69, 9.17) is 9.84 Å². The summed E-state index contributed by atoms with van der Waals surface area (Å²) in [5, 5.41) is 12.1. The molecule has 1 aromatic rings. The summed E-state index contributed by atoms with van der Waals surface area (Å²) in [7, 11) is 1.59. The van der Waals surface area contributed by atoms with Crippen LogP contribution in [0.15, 0.2) is 0 Å². The predicted octanol–water partition coefficient (Wildman–Crippen LogP) is 0.710. The summed E-state index contributed by atoms with van der Waals surface area (Å²) in [4.78, 5) is 16.5. The van der Waals surface area contributed by atoms with Gasteiger partial charge in [0, 0.05) is 20.3 Å². The fourth-order valence-corrected chi connectivity index (χ4v) is 2.16. The van der Waals surface area contributed by atoms with E-state index in [1.165, 1.54) is 11.3 Å². The van der Waals surface area contributed by atoms with E-state index in [0.717, 1.165) is 10.7 Å². The summed E-state index contributed by atoms with van der Waals surface area (Å²) >= 11 is 1.34. The summed E-state index contributed by atoms with van der Waals surface area (Å²) in [5.41, 5.74) is 0.721. The van der Waals surface area contributed by atoms with Gasteiger partial charge in [-0.3, -0.25) is 4.79 Å². The Morgan fingerprint density at radius 3 is 3.00 bits per heavy atom. The molecule has 1 heterocycles. The predicted molar refractivity (Wildman–Crippen MR) is 61.6 cm³/mol. The summed E-state index contributed by atoms with van der Waals surface area (Å²) < 4.78 is 4.96. The first-order chi connectivity index (χ1) is 7.69. The molecule has 5 nitrogen and oxygen atoms in total. The molecular weight excluding hydrogens is 228 g/mol. The monoisotopic (exact) mass is 244 g/mol. The van der Waals surface area contributed by atoms with Gasteiger partial charge in [0.05, 0.1) is 12.3 Å². The number of aliphatic hydroxyl groups excluding tert-OH is 1. The number of nitrogens with zero attached hydrogens (tertiary/aromatic N) is 1. The van der Waals surface area contributed by atoms with Crippen molar-refractivity contribution in [1.29, 1.82) is 0 Å². The van der Waals surface area contributed by atoms with Gasteiger partial charge in [-0.05, 0) is 13.3 Å². The Balaban J connectivity index is 2.60. The molecule has 1 amide bonds. The Hall–Kier alpha value is -0.980. The van der Waals surface area contributed by atoms with Crippen molar-refractivity contribution >= 4 is 17.2 Å². The normalized spacial score (nSPS) is 10.4. The van der Waals surface area contributed by atoms with Crippen molar-refractivity contribution in [2.24, 2.45) is 0 Å². The zero-order valence-electron chi connectivity index (χ0n) is 9.45. The van der Waals surface area contributed by atoms with E-state index in [1.54, 1.807) is 14.0 Å². The molecule has 0 atom stereocenters. The van der Waals surface area contributed by atoms with Crippen molar-refractivity contribution in [3.63, 3.8) is 0 Å². The molecule has 0 fully saturated rings. The third-order valence-electron chi connectivity index (χ3n) is 1.94. The minimum atomic E-state index is -0.134. The van der Waals surface area contributed by atoms with Crippen molar-refractivity contribution in [2.45, 2.75) is 20.0 Å². The van der Waals surface area contributed by atoms with E-state index >= 15 is 0 Å². The highest BCUT2D eigenvalue weighted by Crippen LogP contribution is 2.18. The van der Waals surface area contributed by atoms with Crippen LogP contribution >= 0.6 is 11.3 Å². The van der Waals surface area contributed by atoms with Gasteiger partial charge >= 0.3 is 0 Å². The van der Waals surface area contributed by atoms with Crippen molar-refractivity contribution in [1.82, 2.24) is 10.3 Å². The Morgan fingerprint density at radius 2 is 2.38 bits per heavy atom. The molecule has 1 aromatic heterocycles. The fraction of sp³-hybridized carbons (Fsp3) is 0.600. The van der Waals surface area contributed by atoms with E-state index in [0.29, 0.717) is 24.4 Å². The highest BCUT2D eigenvalue weighted by molar-refractivity contribution is 7.13. The van der Waals surface area contributed by atoms with Crippen LogP contribution in [0.4, 0.5) is 0 Å². The van der Waals surface area contributed by atoms with E-state index in [-0.39, 0.29) is 12.5 Å². The topological polar surface area (TPSA) is 71.5 Å². The largest absolute Gasteiger partial charge is 0.396 e. The maximum Gasteiger partial charge on any atom is 0.263 e. The van der Waals surface area contributed by atoms with Crippen LogP contribution in [0, 0.1) is 6.92 Å². The van der Waals surface area contributed by atoms with Crippen LogP contribution in [0.5, 0.6) is 0 Å². The van der Waals surface area contributed by atoms with Crippen molar-refractivity contribution < 1.29 is 14.6 Å². The number of carbonyl (C=O) groups excluding carboxylic acids is 1. The molecule has 2 N–H and O–H groups in total. The maximum absolute atomic E-state index is 11.7. The molecule has 1 rings (SSSR count). The van der Waals surface area contributed by atoms with Crippen LogP contribution in [-0.4, -0.2) is 36.3 Å². The number of nitrogens with one attached hydrogen (secondary N) is 1. The molecule has 0 aliphatic carbocycles. The number of ether oxygens (including phenoxy) is 1. The highest BCUT2D eigenvalue weighted by atomic mass is 32.1. The molecule has 0 bridgehead atoms. The lowest BCUT2D eigenvalue weighted by molar-refractivity contribution is 0.0954. The molecule has 0 aromatic carbocycles. The van der Waals surface area contributed by atoms with E-state index in [2.05, 4.69) is 10.3 Å². The average Bonchev–Trinajstić information content (AvgIpc) is 2.60. The smallest absolute Gasteiger partial charge is 0.263 e. The molecule has 0 saturated heterocycles. The Bertz CT molecular complexity index is 352. The minimum Gasteiger partial charge on any atom is -0.396 e. The second-order valence-corrected chi connectivity index (χ2v) is 4.37. The number of amides is 1. The van der Waals surface area contributed by atoms with Crippen molar-refractivity contribution in [3.05, 3.63) is 15.6 Å². The van der Waals surface area contributed by atoms with Gasteiger partial charge in [0.25, 0.3) is 5.91 Å². The lowest BCUT2D eigenvalue weighted by Crippen LogP contribution is -2.24. The number of thiazole rings is 1. The number of rotatable bonds is 6. The van der Waals surface area contributed by atoms with Crippen molar-refractivity contribution in [2.75, 3.05) is 20.3 Å². The second-order valence-electron chi connectivity index (χ2n) is 3.29. The molecule has 90 valence electrons. The second kappa shape index (κ2) is 6.57. The first-order valence-corrected chi connectivity index (χ1v) is 5.85. The molecule has 0 aliphatic rings. The lowest BCUT2D eigenvalue weighted by atomic mass is 10.3. The number of hydrogen-bond acceptors (Lipinski definition) is 5. The van der Waals surface area contributed by atoms with Crippen LogP contribution in [0.25, 0.3) is 0 Å². The third-order valence-corrected chi connectivity index (χ3v) is 3.07. The van der Waals surface area contributed by atoms with Gasteiger partial charge in [-0.25, -0.2) is 4.98 Å². The quantitative estimate of drug-likeness (QED) is 0.723. The number of aromatic nitrogens is 1. The number of aliphatic hydroxyl groups is 1. The average molecular weight is 244 g/mol. The molecule has 0 radical (unpaired) electrons. The SMILES string of the molecule is COCc1nc(C)c(C(=O)NCCCO)s1. The van der Waals surface area contributed by atoms with Gasteiger partial charge in [-0.15, -0.1) is 11.3 Å². The molecule has 16 heavy (non-hydrogen) atoms. The third kappa shape index (κ3) is 3.55. The first kappa shape index (κ1) is 13.1. The molecular formula is C10H16N2O3S. The summed E-state index contributed by atoms with van der Waals surface area (Å²) in [6, 6.07) is 0. The Kier molecular flexibility index (Phi) is 5.37. The summed E-state index contributed by atoms with van der Waals surface area (Å²) in [6.07, 6.45) is 0.564. The standard InChI is InChI=1S/C10H16N2O3S/c1-7-9(10(14)11-4-3-5-13)16-8(12-7)6-15-2/h13H,3-6H2,1-2H3,(H,11,14). The van der Waals surface area contributed by atoms with Gasteiger partial charge in [0.15, 0.2) is 0 Å². The van der Waals surface area contributed by atoms with Crippen LogP contribution in [-0.2, 0) is 11.3 Å². The molecule has 0 aliphatic heterocycles. The minimum absolute atomic E-state index is 0.0802. The summed E-state index contributed by atoms with van der Waals surface area (Å²) in [6.45, 7) is 2.79. The van der Waals surface area contributed by atoms with Crippen LogP contribution < -0.4 is 5.32 Å². The van der Waals surface area contributed by atoms with Gasteiger partial charge in [0.1, 0.15) is 9.88 Å². The zero-order valence-corrected chi connectivity index (χ0v) is 10.3. The first-order valence-electron chi connectivity index (χ1n) is 5.03. The van der Waals surface area contributed by atoms with E-state index < -0.39 is 0 Å². The van der Waals surface area contributed by atoms with Gasteiger partial charge in [-0.2, -0.15) is 0 Å². The number of aryl methyl sites for hydroxylation is 1. The van der Waals surface area contributed by atoms with Crippen LogP contribution in [0.2, 0.25) is 0 Å². The van der Waals surface area contributed by atoms with Crippen molar-refractivity contribution in [3.8, 4) is 0 Å². The van der Waals surface area contributed by atoms with Gasteiger partial charge in [-0.1, -0.05) is 0 Å². The fourth-order valence-electron chi connectivity index (χ4n) is 1.21. The highest BCUT2D eigenvalue weighted by Gasteiger charge is 2.14. The van der Waals surface area contributed by atoms with Gasteiger partial charge in [0.2, 0.25) is 0 Å². The molecule has 0 spiro atoms. The number of hydrogen-bond donors (Lipinski definition) is 2. The Morgan fingerprint density at radius 1 is 1.62 bits per heavy atom. The molecule has 6 heteroatoms. The maximum atomic E-state index is 11.7. The lowest BCUT2D eigenvalue weighted by Gasteiger charge is -2.01.